The molecule has 2 aromatic carbocycles. The van der Waals surface area contributed by atoms with Crippen molar-refractivity contribution in [2.45, 2.75) is 45.1 Å². The number of rotatable bonds is 10. The summed E-state index contributed by atoms with van der Waals surface area (Å²) in [7, 11) is -3.62. The van der Waals surface area contributed by atoms with E-state index >= 15 is 0 Å². The highest BCUT2D eigenvalue weighted by Crippen LogP contribution is 2.23. The molecule has 0 fully saturated rings. The summed E-state index contributed by atoms with van der Waals surface area (Å²) in [6, 6.07) is 13.9. The second-order valence-electron chi connectivity index (χ2n) is 7.36. The van der Waals surface area contributed by atoms with Gasteiger partial charge < -0.3 is 10.1 Å². The van der Waals surface area contributed by atoms with E-state index < -0.39 is 10.0 Å². The lowest BCUT2D eigenvalue weighted by Crippen LogP contribution is -2.24. The molecule has 0 aliphatic heterocycles. The molecule has 0 unspecified atom stereocenters. The number of aryl methyl sites for hydroxylation is 2. The van der Waals surface area contributed by atoms with E-state index in [9.17, 15) is 13.2 Å². The van der Waals surface area contributed by atoms with Crippen LogP contribution in [0.2, 0.25) is 0 Å². The van der Waals surface area contributed by atoms with Crippen LogP contribution in [0.25, 0.3) is 0 Å². The molecule has 0 radical (unpaired) electrons. The molecule has 2 N–H and O–H groups in total. The van der Waals surface area contributed by atoms with Crippen molar-refractivity contribution in [2.24, 2.45) is 0 Å². The van der Waals surface area contributed by atoms with Gasteiger partial charge in [0.1, 0.15) is 22.2 Å². The molecule has 32 heavy (non-hydrogen) atoms. The minimum atomic E-state index is -3.62. The van der Waals surface area contributed by atoms with Crippen LogP contribution in [-0.2, 0) is 16.6 Å². The van der Waals surface area contributed by atoms with Crippen LogP contribution in [0, 0.1) is 13.8 Å². The third-order valence-corrected chi connectivity index (χ3v) is 7.24. The maximum Gasteiger partial charge on any atom is 0.267 e. The van der Waals surface area contributed by atoms with Crippen LogP contribution in [0.5, 0.6) is 5.75 Å². The normalized spacial score (nSPS) is 11.3. The zero-order valence-electron chi connectivity index (χ0n) is 18.3. The van der Waals surface area contributed by atoms with Crippen molar-refractivity contribution in [1.82, 2.24) is 9.71 Å². The van der Waals surface area contributed by atoms with Crippen LogP contribution in [0.1, 0.15) is 45.7 Å². The Labute approximate surface area is 192 Å². The van der Waals surface area contributed by atoms with Crippen molar-refractivity contribution in [3.05, 3.63) is 69.7 Å². The molecular weight excluding hydrogens is 446 g/mol. The highest BCUT2D eigenvalue weighted by molar-refractivity contribution is 7.89. The lowest BCUT2D eigenvalue weighted by Gasteiger charge is -2.09. The molecule has 170 valence electrons. The molecule has 1 amide bonds. The highest BCUT2D eigenvalue weighted by atomic mass is 32.2. The number of aromatic nitrogens is 1. The number of sulfonamides is 1. The molecule has 3 aromatic rings. The lowest BCUT2D eigenvalue weighted by molar-refractivity contribution is 0.102. The summed E-state index contributed by atoms with van der Waals surface area (Å²) in [4.78, 5) is 17.8. The maximum atomic E-state index is 12.8. The molecule has 0 bridgehead atoms. The van der Waals surface area contributed by atoms with Crippen molar-refractivity contribution in [3.8, 4) is 5.75 Å². The molecule has 1 aromatic heterocycles. The van der Waals surface area contributed by atoms with Gasteiger partial charge in [-0.25, -0.2) is 18.1 Å². The SMILES string of the molecule is CCCCNS(=O)(=O)c1cccc(NC(=O)c2sc(COc3ccc(C)cc3)nc2C)c1. The number of thiazole rings is 1. The van der Waals surface area contributed by atoms with Gasteiger partial charge in [-0.2, -0.15) is 0 Å². The standard InChI is InChI=1S/C23H27N3O4S2/c1-4-5-13-24-32(28,29)20-8-6-7-18(14-20)26-23(27)22-17(3)25-21(31-22)15-30-19-11-9-16(2)10-12-19/h6-12,14,24H,4-5,13,15H2,1-3H3,(H,26,27). The van der Waals surface area contributed by atoms with E-state index in [4.69, 9.17) is 4.74 Å². The molecule has 9 heteroatoms. The van der Waals surface area contributed by atoms with Gasteiger partial charge in [0.2, 0.25) is 10.0 Å². The number of nitrogens with one attached hydrogen (secondary N) is 2. The molecule has 0 saturated carbocycles. The Kier molecular flexibility index (Phi) is 8.00. The predicted molar refractivity (Wildman–Crippen MR) is 127 cm³/mol. The van der Waals surface area contributed by atoms with Crippen molar-refractivity contribution >= 4 is 33.0 Å². The van der Waals surface area contributed by atoms with Crippen LogP contribution < -0.4 is 14.8 Å². The van der Waals surface area contributed by atoms with Gasteiger partial charge in [-0.3, -0.25) is 4.79 Å². The first-order valence-electron chi connectivity index (χ1n) is 10.4. The molecule has 7 nitrogen and oxygen atoms in total. The molecule has 0 aliphatic carbocycles. The first-order valence-corrected chi connectivity index (χ1v) is 12.7. The predicted octanol–water partition coefficient (Wildman–Crippen LogP) is 4.67. The van der Waals surface area contributed by atoms with Crippen molar-refractivity contribution < 1.29 is 17.9 Å². The Morgan fingerprint density at radius 3 is 2.59 bits per heavy atom. The molecule has 0 atom stereocenters. The van der Waals surface area contributed by atoms with Gasteiger partial charge >= 0.3 is 0 Å². The van der Waals surface area contributed by atoms with Gasteiger partial charge in [0.15, 0.2) is 0 Å². The van der Waals surface area contributed by atoms with E-state index in [-0.39, 0.29) is 17.4 Å². The third kappa shape index (κ3) is 6.38. The Hall–Kier alpha value is -2.75. The first kappa shape index (κ1) is 23.9. The van der Waals surface area contributed by atoms with Crippen LogP contribution in [0.3, 0.4) is 0 Å². The van der Waals surface area contributed by atoms with Gasteiger partial charge in [-0.15, -0.1) is 11.3 Å². The number of nitrogens with zero attached hydrogens (tertiary/aromatic N) is 1. The number of ether oxygens (including phenoxy) is 1. The van der Waals surface area contributed by atoms with Gasteiger partial charge in [0.25, 0.3) is 5.91 Å². The van der Waals surface area contributed by atoms with Crippen LogP contribution >= 0.6 is 11.3 Å². The molecule has 1 heterocycles. The zero-order chi connectivity index (χ0) is 23.1. The fourth-order valence-electron chi connectivity index (χ4n) is 2.90. The van der Waals surface area contributed by atoms with Crippen LogP contribution in [0.4, 0.5) is 5.69 Å². The van der Waals surface area contributed by atoms with E-state index in [0.717, 1.165) is 24.2 Å². The summed E-state index contributed by atoms with van der Waals surface area (Å²) in [5.74, 6) is 0.398. The minimum absolute atomic E-state index is 0.111. The second-order valence-corrected chi connectivity index (χ2v) is 10.2. The lowest BCUT2D eigenvalue weighted by atomic mass is 10.2. The largest absolute Gasteiger partial charge is 0.486 e. The number of hydrogen-bond acceptors (Lipinski definition) is 6. The fourth-order valence-corrected chi connectivity index (χ4v) is 4.89. The number of hydrogen-bond donors (Lipinski definition) is 2. The number of unbranched alkanes of at least 4 members (excludes halogenated alkanes) is 1. The van der Waals surface area contributed by atoms with Crippen molar-refractivity contribution in [1.29, 1.82) is 0 Å². The first-order chi connectivity index (χ1) is 15.3. The summed E-state index contributed by atoms with van der Waals surface area (Å²) < 4.78 is 33.2. The van der Waals surface area contributed by atoms with Gasteiger partial charge in [-0.05, 0) is 50.6 Å². The van der Waals surface area contributed by atoms with Crippen LogP contribution in [0.15, 0.2) is 53.4 Å². The number of carbonyl (C=O) groups is 1. The van der Waals surface area contributed by atoms with E-state index in [0.29, 0.717) is 27.8 Å². The van der Waals surface area contributed by atoms with E-state index in [2.05, 4.69) is 15.0 Å². The summed E-state index contributed by atoms with van der Waals surface area (Å²) in [6.45, 7) is 6.40. The van der Waals surface area contributed by atoms with E-state index in [1.807, 2.05) is 38.1 Å². The number of anilines is 1. The zero-order valence-corrected chi connectivity index (χ0v) is 20.0. The summed E-state index contributed by atoms with van der Waals surface area (Å²) in [5, 5.41) is 3.46. The Morgan fingerprint density at radius 1 is 1.12 bits per heavy atom. The van der Waals surface area contributed by atoms with Gasteiger partial charge in [0, 0.05) is 12.2 Å². The van der Waals surface area contributed by atoms with Gasteiger partial charge in [0.05, 0.1) is 10.6 Å². The average Bonchev–Trinajstić information content (AvgIpc) is 3.14. The number of carbonyl (C=O) groups excluding carboxylic acids is 1. The molecule has 0 saturated heterocycles. The highest BCUT2D eigenvalue weighted by Gasteiger charge is 2.18. The van der Waals surface area contributed by atoms with Gasteiger partial charge in [-0.1, -0.05) is 37.1 Å². The minimum Gasteiger partial charge on any atom is -0.486 e. The van der Waals surface area contributed by atoms with E-state index in [1.165, 1.54) is 23.5 Å². The second kappa shape index (κ2) is 10.7. The third-order valence-electron chi connectivity index (χ3n) is 4.66. The molecule has 0 aliphatic rings. The monoisotopic (exact) mass is 473 g/mol. The van der Waals surface area contributed by atoms with E-state index in [1.54, 1.807) is 19.1 Å². The molecular formula is C23H27N3O4S2. The molecule has 0 spiro atoms. The van der Waals surface area contributed by atoms with Crippen molar-refractivity contribution in [2.75, 3.05) is 11.9 Å². The topological polar surface area (TPSA) is 97.4 Å². The Balaban J connectivity index is 1.66. The number of amides is 1. The summed E-state index contributed by atoms with van der Waals surface area (Å²) >= 11 is 1.25. The quantitative estimate of drug-likeness (QED) is 0.417. The Morgan fingerprint density at radius 2 is 1.88 bits per heavy atom. The van der Waals surface area contributed by atoms with Crippen molar-refractivity contribution in [3.63, 3.8) is 0 Å². The smallest absolute Gasteiger partial charge is 0.267 e. The summed E-state index contributed by atoms with van der Waals surface area (Å²) in [6.07, 6.45) is 1.65. The van der Waals surface area contributed by atoms with Crippen LogP contribution in [-0.4, -0.2) is 25.9 Å². The molecule has 3 rings (SSSR count). The average molecular weight is 474 g/mol. The Bertz CT molecular complexity index is 1170. The number of benzene rings is 2. The fraction of sp³-hybridized carbons (Fsp3) is 0.304. The maximum absolute atomic E-state index is 12.8. The summed E-state index contributed by atoms with van der Waals surface area (Å²) in [5.41, 5.74) is 2.15.